The lowest BCUT2D eigenvalue weighted by atomic mass is 9.91. The van der Waals surface area contributed by atoms with E-state index in [0.29, 0.717) is 5.56 Å². The summed E-state index contributed by atoms with van der Waals surface area (Å²) in [6.07, 6.45) is -6.39. The summed E-state index contributed by atoms with van der Waals surface area (Å²) in [6, 6.07) is 5.73. The van der Waals surface area contributed by atoms with Gasteiger partial charge in [0.2, 0.25) is 0 Å². The molecule has 3 unspecified atom stereocenters. The number of carboxylic acid groups (broad SMARTS) is 1. The van der Waals surface area contributed by atoms with Gasteiger partial charge in [-0.15, -0.1) is 0 Å². The number of hydrogen-bond donors (Lipinski definition) is 5. The van der Waals surface area contributed by atoms with Crippen molar-refractivity contribution in [3.63, 3.8) is 0 Å². The number of aromatic carboxylic acids is 1. The summed E-state index contributed by atoms with van der Waals surface area (Å²) in [5, 5.41) is 47.4. The van der Waals surface area contributed by atoms with Crippen molar-refractivity contribution in [3.05, 3.63) is 35.4 Å². The average molecular weight is 284 g/mol. The van der Waals surface area contributed by atoms with E-state index in [1.807, 2.05) is 0 Å². The molecular formula is C13H16O7. The van der Waals surface area contributed by atoms with Gasteiger partial charge in [0.15, 0.2) is 0 Å². The highest BCUT2D eigenvalue weighted by atomic mass is 16.5. The lowest BCUT2D eigenvalue weighted by molar-refractivity contribution is -0.231. The molecule has 2 rings (SSSR count). The first-order valence-electron chi connectivity index (χ1n) is 6.09. The van der Waals surface area contributed by atoms with Crippen LogP contribution in [0.2, 0.25) is 0 Å². The van der Waals surface area contributed by atoms with Gasteiger partial charge < -0.3 is 30.3 Å². The summed E-state index contributed by atoms with van der Waals surface area (Å²) in [6.45, 7) is -0.528. The molecule has 7 nitrogen and oxygen atoms in total. The van der Waals surface area contributed by atoms with Gasteiger partial charge in [0.25, 0.3) is 0 Å². The zero-order chi connectivity index (χ0) is 14.9. The highest BCUT2D eigenvalue weighted by Crippen LogP contribution is 2.32. The Hall–Kier alpha value is -1.51. The topological polar surface area (TPSA) is 127 Å². The number of aliphatic hydroxyl groups excluding tert-OH is 4. The predicted molar refractivity (Wildman–Crippen MR) is 66.1 cm³/mol. The molecule has 0 saturated carbocycles. The van der Waals surface area contributed by atoms with Crippen molar-refractivity contribution in [2.75, 3.05) is 6.61 Å². The third kappa shape index (κ3) is 2.67. The maximum atomic E-state index is 10.9. The first-order valence-corrected chi connectivity index (χ1v) is 6.09. The maximum absolute atomic E-state index is 10.9. The molecule has 0 aliphatic carbocycles. The van der Waals surface area contributed by atoms with Crippen LogP contribution < -0.4 is 0 Å². The molecule has 1 fully saturated rings. The van der Waals surface area contributed by atoms with Gasteiger partial charge in [-0.1, -0.05) is 12.1 Å². The van der Waals surface area contributed by atoms with Gasteiger partial charge in [0, 0.05) is 0 Å². The van der Waals surface area contributed by atoms with Crippen molar-refractivity contribution in [3.8, 4) is 0 Å². The highest BCUT2D eigenvalue weighted by molar-refractivity contribution is 5.87. The molecule has 1 saturated heterocycles. The Morgan fingerprint density at radius 1 is 1.15 bits per heavy atom. The number of rotatable bonds is 3. The number of benzene rings is 1. The zero-order valence-electron chi connectivity index (χ0n) is 10.5. The van der Waals surface area contributed by atoms with Gasteiger partial charge in [0.05, 0.1) is 12.2 Å². The first kappa shape index (κ1) is 14.9. The molecule has 1 aromatic rings. The minimum Gasteiger partial charge on any atom is -0.478 e. The van der Waals surface area contributed by atoms with Crippen LogP contribution in [-0.2, 0) is 4.74 Å². The van der Waals surface area contributed by atoms with Gasteiger partial charge in [-0.2, -0.15) is 0 Å². The van der Waals surface area contributed by atoms with Crippen LogP contribution in [0.5, 0.6) is 0 Å². The summed E-state index contributed by atoms with van der Waals surface area (Å²) in [5.41, 5.74) is 0.362. The van der Waals surface area contributed by atoms with Gasteiger partial charge >= 0.3 is 5.97 Å². The molecule has 110 valence electrons. The van der Waals surface area contributed by atoms with E-state index < -0.39 is 43.1 Å². The minimum atomic E-state index is -1.49. The maximum Gasteiger partial charge on any atom is 0.335 e. The van der Waals surface area contributed by atoms with E-state index in [1.54, 1.807) is 6.07 Å². The van der Waals surface area contributed by atoms with E-state index in [0.717, 1.165) is 0 Å². The summed E-state index contributed by atoms with van der Waals surface area (Å²) in [4.78, 5) is 10.9. The quantitative estimate of drug-likeness (QED) is 0.476. The van der Waals surface area contributed by atoms with Crippen molar-refractivity contribution in [1.82, 2.24) is 0 Å². The number of carboxylic acids is 1. The molecule has 20 heavy (non-hydrogen) atoms. The van der Waals surface area contributed by atoms with E-state index in [1.165, 1.54) is 18.2 Å². The van der Waals surface area contributed by atoms with Crippen molar-refractivity contribution in [2.45, 2.75) is 30.5 Å². The Kier molecular flexibility index (Phi) is 4.36. The molecule has 0 radical (unpaired) electrons. The largest absolute Gasteiger partial charge is 0.478 e. The van der Waals surface area contributed by atoms with Crippen molar-refractivity contribution in [2.24, 2.45) is 0 Å². The van der Waals surface area contributed by atoms with Crippen LogP contribution in [0.3, 0.4) is 0 Å². The number of ether oxygens (including phenoxy) is 1. The molecule has 0 aromatic heterocycles. The zero-order valence-corrected chi connectivity index (χ0v) is 10.5. The predicted octanol–water partition coefficient (Wildman–Crippen LogP) is -1.10. The molecule has 5 N–H and O–H groups in total. The molecule has 1 aliphatic rings. The standard InChI is InChI=1S/C13H16O7/c14-5-8-9(15)10(16)11(17)12(20-8)6-2-1-3-7(4-6)13(18)19/h1-4,8-12,14-17H,5H2,(H,18,19)/t8?,9?,10?,11-,12+/m0/s1. The molecule has 1 heterocycles. The lowest BCUT2D eigenvalue weighted by Gasteiger charge is -2.40. The fourth-order valence-corrected chi connectivity index (χ4v) is 2.23. The molecule has 7 heteroatoms. The summed E-state index contributed by atoms with van der Waals surface area (Å²) in [7, 11) is 0. The molecule has 0 spiro atoms. The number of aliphatic hydroxyl groups is 4. The van der Waals surface area contributed by atoms with E-state index >= 15 is 0 Å². The Bertz CT molecular complexity index is 487. The monoisotopic (exact) mass is 284 g/mol. The molecule has 0 amide bonds. The van der Waals surface area contributed by atoms with Crippen LogP contribution in [0.25, 0.3) is 0 Å². The summed E-state index contributed by atoms with van der Waals surface area (Å²) >= 11 is 0. The second kappa shape index (κ2) is 5.86. The highest BCUT2D eigenvalue weighted by Gasteiger charge is 2.43. The van der Waals surface area contributed by atoms with Gasteiger partial charge in [-0.3, -0.25) is 0 Å². The third-order valence-corrected chi connectivity index (χ3v) is 3.35. The Labute approximate surface area is 114 Å². The SMILES string of the molecule is O=C(O)c1cccc([C@H]2OC(CO)C(O)C(O)[C@@H]2O)c1. The van der Waals surface area contributed by atoms with Crippen molar-refractivity contribution < 1.29 is 35.1 Å². The Morgan fingerprint density at radius 3 is 2.45 bits per heavy atom. The number of carbonyl (C=O) groups is 1. The van der Waals surface area contributed by atoms with Crippen molar-refractivity contribution >= 4 is 5.97 Å². The van der Waals surface area contributed by atoms with Gasteiger partial charge in [0.1, 0.15) is 30.5 Å². The Morgan fingerprint density at radius 2 is 1.85 bits per heavy atom. The van der Waals surface area contributed by atoms with Crippen LogP contribution >= 0.6 is 0 Å². The Balaban J connectivity index is 2.31. The number of hydrogen-bond acceptors (Lipinski definition) is 6. The first-order chi connectivity index (χ1) is 9.45. The second-order valence-electron chi connectivity index (χ2n) is 4.68. The van der Waals surface area contributed by atoms with Gasteiger partial charge in [-0.25, -0.2) is 4.79 Å². The lowest BCUT2D eigenvalue weighted by Crippen LogP contribution is -2.55. The van der Waals surface area contributed by atoms with Crippen LogP contribution in [0.15, 0.2) is 24.3 Å². The smallest absolute Gasteiger partial charge is 0.335 e. The van der Waals surface area contributed by atoms with E-state index in [2.05, 4.69) is 0 Å². The summed E-state index contributed by atoms with van der Waals surface area (Å²) < 4.78 is 5.35. The van der Waals surface area contributed by atoms with Crippen molar-refractivity contribution in [1.29, 1.82) is 0 Å². The van der Waals surface area contributed by atoms with E-state index in [-0.39, 0.29) is 5.56 Å². The van der Waals surface area contributed by atoms with Gasteiger partial charge in [-0.05, 0) is 17.7 Å². The van der Waals surface area contributed by atoms with Crippen LogP contribution in [0.4, 0.5) is 0 Å². The van der Waals surface area contributed by atoms with Crippen LogP contribution in [0, 0.1) is 0 Å². The van der Waals surface area contributed by atoms with Crippen LogP contribution in [0.1, 0.15) is 22.0 Å². The van der Waals surface area contributed by atoms with E-state index in [4.69, 9.17) is 14.9 Å². The molecule has 1 aliphatic heterocycles. The molecular weight excluding hydrogens is 268 g/mol. The average Bonchev–Trinajstić information content (AvgIpc) is 2.45. The third-order valence-electron chi connectivity index (χ3n) is 3.35. The fraction of sp³-hybridized carbons (Fsp3) is 0.462. The molecule has 0 bridgehead atoms. The normalized spacial score (nSPS) is 33.9. The summed E-state index contributed by atoms with van der Waals surface area (Å²) in [5.74, 6) is -1.13. The second-order valence-corrected chi connectivity index (χ2v) is 4.68. The van der Waals surface area contributed by atoms with Crippen LogP contribution in [-0.4, -0.2) is 62.5 Å². The molecule has 1 aromatic carbocycles. The van der Waals surface area contributed by atoms with E-state index in [9.17, 15) is 20.1 Å². The molecule has 5 atom stereocenters. The minimum absolute atomic E-state index is 0.0134. The fourth-order valence-electron chi connectivity index (χ4n) is 2.23.